The highest BCUT2D eigenvalue weighted by Gasteiger charge is 2.38. The van der Waals surface area contributed by atoms with Crippen LogP contribution in [0, 0.1) is 0 Å². The number of hydrogen-bond donors (Lipinski definition) is 1. The molecule has 71 heavy (non-hydrogen) atoms. The summed E-state index contributed by atoms with van der Waals surface area (Å²) in [5, 5.41) is 6.36. The smallest absolute Gasteiger partial charge is 0.0502 e. The van der Waals surface area contributed by atoms with Crippen molar-refractivity contribution in [1.29, 1.82) is 0 Å². The Morgan fingerprint density at radius 3 is 1.80 bits per heavy atom. The molecule has 9 rings (SSSR count). The van der Waals surface area contributed by atoms with Crippen LogP contribution in [0.4, 0.5) is 22.7 Å². The van der Waals surface area contributed by atoms with Gasteiger partial charge in [-0.2, -0.15) is 0 Å². The highest BCUT2D eigenvalue weighted by atomic mass is 32.1. The van der Waals surface area contributed by atoms with Crippen molar-refractivity contribution in [3.05, 3.63) is 228 Å². The zero-order chi connectivity index (χ0) is 52.1. The summed E-state index contributed by atoms with van der Waals surface area (Å²) in [6.45, 7) is 40.7. The number of rotatable bonds is 10. The summed E-state index contributed by atoms with van der Waals surface area (Å²) >= 11 is 1.86. The molecule has 0 saturated heterocycles. The van der Waals surface area contributed by atoms with E-state index in [1.807, 2.05) is 83.3 Å². The van der Waals surface area contributed by atoms with E-state index >= 15 is 0 Å². The van der Waals surface area contributed by atoms with Crippen LogP contribution in [0.1, 0.15) is 137 Å². The molecule has 1 aromatic heterocycles. The number of allylic oxidation sites excluding steroid dienone is 8. The maximum atomic E-state index is 4.32. The van der Waals surface area contributed by atoms with E-state index in [1.165, 1.54) is 81.6 Å². The number of fused-ring (bicyclic) bond motifs is 7. The minimum absolute atomic E-state index is 0.0925. The lowest BCUT2D eigenvalue weighted by Gasteiger charge is -2.42. The molecular weight excluding hydrogens is 877 g/mol. The molecule has 0 atom stereocenters. The van der Waals surface area contributed by atoms with Crippen LogP contribution in [-0.4, -0.2) is 0 Å². The molecule has 2 nitrogen and oxygen atoms in total. The summed E-state index contributed by atoms with van der Waals surface area (Å²) < 4.78 is 2.59. The van der Waals surface area contributed by atoms with Crippen LogP contribution in [0.3, 0.4) is 0 Å². The van der Waals surface area contributed by atoms with E-state index in [9.17, 15) is 0 Å². The lowest BCUT2D eigenvalue weighted by molar-refractivity contribution is 0.508. The highest BCUT2D eigenvalue weighted by Crippen LogP contribution is 2.52. The van der Waals surface area contributed by atoms with Crippen molar-refractivity contribution in [2.24, 2.45) is 0 Å². The Kier molecular flexibility index (Phi) is 19.0. The van der Waals surface area contributed by atoms with E-state index in [4.69, 9.17) is 0 Å². The first-order valence-electron chi connectivity index (χ1n) is 25.7. The maximum absolute atomic E-state index is 4.32. The van der Waals surface area contributed by atoms with E-state index in [0.717, 1.165) is 23.5 Å². The molecule has 1 aliphatic heterocycles. The topological polar surface area (TPSA) is 15.3 Å². The molecular formula is C68H80N2S. The van der Waals surface area contributed by atoms with Crippen molar-refractivity contribution in [2.75, 3.05) is 10.2 Å². The maximum Gasteiger partial charge on any atom is 0.0502 e. The zero-order valence-corrected chi connectivity index (χ0v) is 46.2. The molecule has 2 aliphatic rings. The standard InChI is InChI=1S/C56H54N2S.C6H10.2C2H6.C2H4/c1-10-17-45-50(11-2)58(51-21-16-14-19-46(51)55(45,6)7)39-27-31-53-43(35-39)42-32-36(25-30-52(42)59-53)22-23-37-24-28-40-41-29-26-38(34-48(41)56(8,9)47(40)33-37)57-49-20-15-13-18-44(49)54(4,5)12-3;1-3-5-6-4-2;3*1-2/h10-11,13-35,57H,2,12H2,1,3-9H3;3-6H,1-2H3;2*1-2H3;1-2H2/b17-10-,23-22+;5-3-,6-4-;;;. The van der Waals surface area contributed by atoms with Gasteiger partial charge in [0.25, 0.3) is 0 Å². The van der Waals surface area contributed by atoms with Gasteiger partial charge in [0.1, 0.15) is 0 Å². The molecule has 0 amide bonds. The Balaban J connectivity index is 0.000000713. The Bertz CT molecular complexity index is 3090. The quantitative estimate of drug-likeness (QED) is 0.0835. The first-order valence-corrected chi connectivity index (χ1v) is 26.5. The van der Waals surface area contributed by atoms with Gasteiger partial charge in [0.2, 0.25) is 0 Å². The minimum Gasteiger partial charge on any atom is -0.355 e. The number of nitrogens with one attached hydrogen (secondary N) is 1. The fourth-order valence-electron chi connectivity index (χ4n) is 9.76. The van der Waals surface area contributed by atoms with E-state index in [1.54, 1.807) is 0 Å². The van der Waals surface area contributed by atoms with Gasteiger partial charge in [0.05, 0.1) is 5.69 Å². The highest BCUT2D eigenvalue weighted by molar-refractivity contribution is 7.25. The fraction of sp³-hybridized carbons (Fsp3) is 0.265. The Morgan fingerprint density at radius 2 is 1.17 bits per heavy atom. The van der Waals surface area contributed by atoms with E-state index in [-0.39, 0.29) is 16.2 Å². The molecule has 0 bridgehead atoms. The van der Waals surface area contributed by atoms with Crippen molar-refractivity contribution in [1.82, 2.24) is 0 Å². The summed E-state index contributed by atoms with van der Waals surface area (Å²) in [5.41, 5.74) is 17.4. The van der Waals surface area contributed by atoms with Gasteiger partial charge < -0.3 is 10.2 Å². The lowest BCUT2D eigenvalue weighted by Crippen LogP contribution is -2.33. The van der Waals surface area contributed by atoms with Crippen LogP contribution in [-0.2, 0) is 16.2 Å². The van der Waals surface area contributed by atoms with Crippen LogP contribution < -0.4 is 10.2 Å². The summed E-state index contributed by atoms with van der Waals surface area (Å²) in [7, 11) is 0. The molecule has 0 saturated carbocycles. The van der Waals surface area contributed by atoms with Gasteiger partial charge in [-0.05, 0) is 143 Å². The third-order valence-corrected chi connectivity index (χ3v) is 14.9. The number of para-hydroxylation sites is 2. The normalized spacial score (nSPS) is 14.2. The van der Waals surface area contributed by atoms with Gasteiger partial charge >= 0.3 is 0 Å². The molecule has 0 fully saturated rings. The Morgan fingerprint density at radius 1 is 0.606 bits per heavy atom. The molecule has 6 aromatic carbocycles. The molecule has 1 aliphatic carbocycles. The van der Waals surface area contributed by atoms with Gasteiger partial charge in [-0.15, -0.1) is 24.5 Å². The molecule has 0 unspecified atom stereocenters. The van der Waals surface area contributed by atoms with Gasteiger partial charge in [-0.3, -0.25) is 0 Å². The number of benzene rings is 6. The molecule has 368 valence electrons. The second-order valence-corrected chi connectivity index (χ2v) is 20.1. The van der Waals surface area contributed by atoms with Crippen LogP contribution in [0.2, 0.25) is 0 Å². The summed E-state index contributed by atoms with van der Waals surface area (Å²) in [4.78, 5) is 2.40. The first kappa shape index (κ1) is 55.2. The van der Waals surface area contributed by atoms with Crippen LogP contribution in [0.15, 0.2) is 195 Å². The van der Waals surface area contributed by atoms with E-state index < -0.39 is 0 Å². The third kappa shape index (κ3) is 11.3. The van der Waals surface area contributed by atoms with Gasteiger partial charge in [-0.1, -0.05) is 198 Å². The van der Waals surface area contributed by atoms with Crippen molar-refractivity contribution in [3.63, 3.8) is 0 Å². The van der Waals surface area contributed by atoms with Crippen molar-refractivity contribution < 1.29 is 0 Å². The largest absolute Gasteiger partial charge is 0.355 e. The zero-order valence-electron chi connectivity index (χ0n) is 45.4. The average molecular weight is 957 g/mol. The molecule has 0 radical (unpaired) electrons. The number of thiophene rings is 1. The van der Waals surface area contributed by atoms with Crippen LogP contribution in [0.5, 0.6) is 0 Å². The number of hydrogen-bond acceptors (Lipinski definition) is 3. The second kappa shape index (κ2) is 24.4. The van der Waals surface area contributed by atoms with Gasteiger partial charge in [-0.25, -0.2) is 0 Å². The van der Waals surface area contributed by atoms with E-state index in [0.29, 0.717) is 0 Å². The average Bonchev–Trinajstić information content (AvgIpc) is 3.87. The van der Waals surface area contributed by atoms with Crippen LogP contribution in [0.25, 0.3) is 43.5 Å². The predicted octanol–water partition coefficient (Wildman–Crippen LogP) is 21.4. The monoisotopic (exact) mass is 957 g/mol. The molecule has 3 heteroatoms. The summed E-state index contributed by atoms with van der Waals surface area (Å²) in [6, 6.07) is 45.3. The van der Waals surface area contributed by atoms with Gasteiger partial charge in [0, 0.05) is 53.8 Å². The van der Waals surface area contributed by atoms with Crippen molar-refractivity contribution >= 4 is 66.4 Å². The van der Waals surface area contributed by atoms with Gasteiger partial charge in [0.15, 0.2) is 0 Å². The number of anilines is 4. The third-order valence-electron chi connectivity index (χ3n) is 13.8. The number of nitrogens with zero attached hydrogens (tertiary/aromatic N) is 1. The Labute approximate surface area is 433 Å². The summed E-state index contributed by atoms with van der Waals surface area (Å²) in [6.07, 6.45) is 20.0. The molecule has 0 spiro atoms. The second-order valence-electron chi connectivity index (χ2n) is 19.0. The Hall–Kier alpha value is -6.68. The van der Waals surface area contributed by atoms with Crippen molar-refractivity contribution in [2.45, 2.75) is 120 Å². The van der Waals surface area contributed by atoms with Crippen LogP contribution >= 0.6 is 11.3 Å². The lowest BCUT2D eigenvalue weighted by atomic mass is 9.73. The SMILES string of the molecule is C/C=C\C=C/C.C=C.C=CC1=C(/C=C\C)C(C)(C)c2ccccc2N1c1ccc2sc3ccc(/C=C/c4ccc5c(c4)C(C)(C)c4cc(Nc6ccccc6C(C)(C)CC)ccc4-5)cc3c2c1.CC.CC. The van der Waals surface area contributed by atoms with Crippen molar-refractivity contribution in [3.8, 4) is 11.1 Å². The van der Waals surface area contributed by atoms with E-state index in [2.05, 4.69) is 231 Å². The molecule has 2 heterocycles. The summed E-state index contributed by atoms with van der Waals surface area (Å²) in [5.74, 6) is 0. The molecule has 1 N–H and O–H groups in total. The predicted molar refractivity (Wildman–Crippen MR) is 323 cm³/mol. The minimum atomic E-state index is -0.151. The first-order chi connectivity index (χ1) is 34.3. The molecule has 7 aromatic rings. The fourth-order valence-corrected chi connectivity index (χ4v) is 10.8.